The van der Waals surface area contributed by atoms with Crippen LogP contribution in [0.2, 0.25) is 0 Å². The number of nitrogens with two attached hydrogens (primary N) is 5. The summed E-state index contributed by atoms with van der Waals surface area (Å²) in [4.78, 5) is 134. The summed E-state index contributed by atoms with van der Waals surface area (Å²) >= 11 is 5.63. The number of rotatable bonds is 45. The number of anilines is 1. The van der Waals surface area contributed by atoms with E-state index in [-0.39, 0.29) is 69.7 Å². The van der Waals surface area contributed by atoms with Gasteiger partial charge in [-0.25, -0.2) is 0 Å². The summed E-state index contributed by atoms with van der Waals surface area (Å²) < 4.78 is 0. The number of hydrogen-bond acceptors (Lipinski definition) is 18. The predicted molar refractivity (Wildman–Crippen MR) is 404 cm³/mol. The summed E-state index contributed by atoms with van der Waals surface area (Å²) in [6, 6.07) is 18.9. The third kappa shape index (κ3) is 37.0. The molecule has 0 saturated carbocycles. The molecule has 0 aliphatic carbocycles. The molecule has 572 valence electrons. The topological polar surface area (TPSA) is 458 Å². The van der Waals surface area contributed by atoms with Crippen LogP contribution in [-0.4, -0.2) is 249 Å². The zero-order chi connectivity index (χ0) is 75.5. The van der Waals surface area contributed by atoms with Gasteiger partial charge in [-0.1, -0.05) is 106 Å². The van der Waals surface area contributed by atoms with Crippen molar-refractivity contribution in [3.63, 3.8) is 0 Å². The number of carbonyl (C=O) groups is 9. The van der Waals surface area contributed by atoms with Gasteiger partial charge in [-0.2, -0.15) is 0 Å². The summed E-state index contributed by atoms with van der Waals surface area (Å²) in [5.74, 6) is -6.41. The van der Waals surface area contributed by atoms with Crippen LogP contribution in [0.15, 0.2) is 89.9 Å². The molecule has 7 amide bonds. The Hall–Kier alpha value is -8.43. The van der Waals surface area contributed by atoms with Crippen LogP contribution in [-0.2, 0) is 62.4 Å². The lowest BCUT2D eigenvalue weighted by Gasteiger charge is -2.36. The van der Waals surface area contributed by atoms with Gasteiger partial charge < -0.3 is 96.5 Å². The lowest BCUT2D eigenvalue weighted by Crippen LogP contribution is -2.59. The summed E-state index contributed by atoms with van der Waals surface area (Å²) in [5, 5.41) is 46.0. The Labute approximate surface area is 612 Å². The van der Waals surface area contributed by atoms with Gasteiger partial charge in [0.1, 0.15) is 30.2 Å². The largest absolute Gasteiger partial charge is 0.480 e. The van der Waals surface area contributed by atoms with Gasteiger partial charge in [0.05, 0.1) is 25.7 Å². The Bertz CT molecular complexity index is 3100. The molecule has 0 bridgehead atoms. The Kier molecular flexibility index (Phi) is 41.6. The maximum Gasteiger partial charge on any atom is 0.317 e. The third-order valence-electron chi connectivity index (χ3n) is 17.5. The van der Waals surface area contributed by atoms with Gasteiger partial charge in [-0.15, -0.1) is 0 Å². The highest BCUT2D eigenvalue weighted by molar-refractivity contribution is 7.80. The van der Waals surface area contributed by atoms with E-state index < -0.39 is 96.1 Å². The number of benzene rings is 3. The molecule has 0 radical (unpaired) electrons. The number of thiocarbonyl (C=S) groups is 1. The van der Waals surface area contributed by atoms with Crippen LogP contribution in [0.25, 0.3) is 0 Å². The van der Waals surface area contributed by atoms with Crippen LogP contribution in [0.5, 0.6) is 0 Å². The molecule has 1 heterocycles. The van der Waals surface area contributed by atoms with E-state index in [1.54, 1.807) is 60.7 Å². The monoisotopic (exact) mass is 1460 g/mol. The van der Waals surface area contributed by atoms with E-state index in [0.29, 0.717) is 127 Å². The molecule has 1 unspecified atom stereocenters. The molecule has 1 aliphatic rings. The van der Waals surface area contributed by atoms with Gasteiger partial charge in [-0.05, 0) is 145 Å². The molecule has 1 aliphatic heterocycles. The first-order chi connectivity index (χ1) is 49.3. The fourth-order valence-corrected chi connectivity index (χ4v) is 12.0. The van der Waals surface area contributed by atoms with Crippen LogP contribution >= 0.6 is 12.2 Å². The van der Waals surface area contributed by atoms with Crippen LogP contribution in [0, 0.1) is 5.92 Å². The second-order valence-corrected chi connectivity index (χ2v) is 27.4. The number of carboxylic acid groups (broad SMARTS) is 2. The molecule has 3 aromatic carbocycles. The predicted octanol–water partition coefficient (Wildman–Crippen LogP) is -0.0783. The van der Waals surface area contributed by atoms with Crippen molar-refractivity contribution in [3.05, 3.63) is 102 Å². The fourth-order valence-electron chi connectivity index (χ4n) is 11.8. The van der Waals surface area contributed by atoms with Gasteiger partial charge >= 0.3 is 11.9 Å². The number of aliphatic carboxylic acids is 2. The maximum atomic E-state index is 14.7. The Morgan fingerprint density at radius 3 is 1.62 bits per heavy atom. The van der Waals surface area contributed by atoms with Gasteiger partial charge in [0.25, 0.3) is 0 Å². The molecule has 31 heteroatoms. The van der Waals surface area contributed by atoms with Crippen molar-refractivity contribution in [2.45, 2.75) is 159 Å². The van der Waals surface area contributed by atoms with Crippen molar-refractivity contribution in [2.24, 2.45) is 39.6 Å². The van der Waals surface area contributed by atoms with Crippen LogP contribution in [0.3, 0.4) is 0 Å². The Morgan fingerprint density at radius 1 is 0.534 bits per heavy atom. The third-order valence-corrected chi connectivity index (χ3v) is 17.8. The molecule has 1 saturated heterocycles. The van der Waals surface area contributed by atoms with E-state index in [1.807, 2.05) is 62.0 Å². The van der Waals surface area contributed by atoms with Gasteiger partial charge in [0, 0.05) is 90.0 Å². The number of amides is 7. The van der Waals surface area contributed by atoms with Crippen molar-refractivity contribution in [2.75, 3.05) is 118 Å². The maximum absolute atomic E-state index is 14.7. The minimum Gasteiger partial charge on any atom is -0.480 e. The minimum atomic E-state index is -1.29. The molecule has 103 heavy (non-hydrogen) atoms. The molecule has 1 fully saturated rings. The average Bonchev–Trinajstić information content (AvgIpc) is 0.865. The van der Waals surface area contributed by atoms with Gasteiger partial charge in [0.2, 0.25) is 41.4 Å². The molecular formula is C72H117N19O11S. The Morgan fingerprint density at radius 2 is 1.04 bits per heavy atom. The number of hydrogen-bond donors (Lipinski definition) is 16. The molecule has 7 atom stereocenters. The zero-order valence-electron chi connectivity index (χ0n) is 60.7. The lowest BCUT2D eigenvalue weighted by atomic mass is 10.0. The normalized spacial score (nSPS) is 15.9. The highest BCUT2D eigenvalue weighted by Gasteiger charge is 2.33. The first kappa shape index (κ1) is 87.0. The van der Waals surface area contributed by atoms with E-state index in [1.165, 1.54) is 0 Å². The number of guanidine groups is 1. The molecule has 3 aromatic rings. The quantitative estimate of drug-likeness (QED) is 0.0152. The van der Waals surface area contributed by atoms with Crippen molar-refractivity contribution >= 4 is 82.3 Å². The second kappa shape index (κ2) is 49.3. The first-order valence-corrected chi connectivity index (χ1v) is 36.5. The molecule has 0 spiro atoms. The Balaban J connectivity index is 1.37. The van der Waals surface area contributed by atoms with Crippen LogP contribution < -0.4 is 76.5 Å². The number of nitrogens with one attached hydrogen (secondary N) is 9. The number of aliphatic imine (C=N–C) groups is 1. The minimum absolute atomic E-state index is 0.00973. The van der Waals surface area contributed by atoms with E-state index in [9.17, 15) is 53.4 Å². The van der Waals surface area contributed by atoms with E-state index in [2.05, 4.69) is 62.6 Å². The molecule has 4 rings (SSSR count). The number of likely N-dealkylation sites (N-methyl/N-ethyl adjacent to an activating group) is 2. The van der Waals surface area contributed by atoms with Crippen LogP contribution in [0.4, 0.5) is 5.69 Å². The molecular weight excluding hydrogens is 1340 g/mol. The van der Waals surface area contributed by atoms with Gasteiger partial charge in [0.15, 0.2) is 11.1 Å². The van der Waals surface area contributed by atoms with Crippen molar-refractivity contribution in [1.29, 1.82) is 0 Å². The van der Waals surface area contributed by atoms with E-state index in [0.717, 1.165) is 43.6 Å². The molecule has 21 N–H and O–H groups in total. The highest BCUT2D eigenvalue weighted by atomic mass is 32.1. The smallest absolute Gasteiger partial charge is 0.317 e. The number of carbonyl (C=O) groups excluding carboxylic acids is 7. The standard InChI is InChI=1S/C72H117N19O11S/c1-50(2)42-59(86-65(97)56(75)24-13-15-31-73)67(99)81-46-62(92)83-60(44-51-20-9-7-10-21-51)69(101)87-61(45-52-22-11-8-12-23-52)70(102)85-58(25-14-16-32-74)68(100)84-57(26-19-35-79-71(76)77)66(98)78-33-17-5-6-18-34-80-72(103)82-54-29-27-53(28-30-54)43-55-47-89(4)37-36-88(3)38-39-90(48-63(93)94)40-41-91(55)49-64(95)96/h7-12,20-23,27-30,50,55-61H,5-6,13-19,24-26,31-49,73-75H2,1-4H3,(H,78,98)(H,81,99)(H,83,92)(H,84,100)(H,85,102)(H,86,97)(H,87,101)(H,93,94)(H,95,96)(H4,76,77,79)(H2,80,82,103)/t55?,56-,57-,58-,59-,60-,61-/m0/s1. The van der Waals surface area contributed by atoms with Crippen LogP contribution in [0.1, 0.15) is 114 Å². The average molecular weight is 1460 g/mol. The first-order valence-electron chi connectivity index (χ1n) is 36.1. The number of unbranched alkanes of at least 4 members (excludes halogenated alkanes) is 5. The van der Waals surface area contributed by atoms with E-state index in [4.69, 9.17) is 40.9 Å². The summed E-state index contributed by atoms with van der Waals surface area (Å²) in [5.41, 5.74) is 32.0. The van der Waals surface area contributed by atoms with Crippen molar-refractivity contribution < 1.29 is 53.4 Å². The zero-order valence-corrected chi connectivity index (χ0v) is 61.5. The van der Waals surface area contributed by atoms with Gasteiger partial charge in [-0.3, -0.25) is 57.9 Å². The summed E-state index contributed by atoms with van der Waals surface area (Å²) in [6.07, 6.45) is 7.03. The molecule has 30 nitrogen and oxygen atoms in total. The number of carboxylic acids is 2. The number of nitrogens with zero attached hydrogens (tertiary/aromatic N) is 5. The van der Waals surface area contributed by atoms with Crippen molar-refractivity contribution in [1.82, 2.24) is 62.1 Å². The SMILES string of the molecule is CC(C)C[C@H](NC(=O)[C@@H](N)CCCCN)C(=O)NCC(=O)N[C@@H](Cc1ccccc1)C(=O)N[C@@H](Cc1ccccc1)C(=O)N[C@@H](CCCCN)C(=O)N[C@@H](CCCN=C(N)N)C(=O)NCCCCCCNC(=S)Nc1ccc(CC2CN(C)CCN(C)CCN(CC(=O)O)CCN2CC(=O)O)cc1. The highest BCUT2D eigenvalue weighted by Crippen LogP contribution is 2.17. The summed E-state index contributed by atoms with van der Waals surface area (Å²) in [6.45, 7) is 9.01. The van der Waals surface area contributed by atoms with E-state index >= 15 is 0 Å². The lowest BCUT2D eigenvalue weighted by molar-refractivity contribution is -0.140. The summed E-state index contributed by atoms with van der Waals surface area (Å²) in [7, 11) is 4.05. The fraction of sp³-hybridized carbons (Fsp3) is 0.597. The second-order valence-electron chi connectivity index (χ2n) is 27.0. The van der Waals surface area contributed by atoms with Crippen molar-refractivity contribution in [3.8, 4) is 0 Å². The molecule has 0 aromatic heterocycles.